The number of hydrogen-bond donors (Lipinski definition) is 1. The predicted octanol–water partition coefficient (Wildman–Crippen LogP) is 2.72. The molecule has 6 nitrogen and oxygen atoms in total. The molecule has 3 aromatic rings. The van der Waals surface area contributed by atoms with Gasteiger partial charge >= 0.3 is 5.63 Å². The maximum Gasteiger partial charge on any atom is 0.349 e. The summed E-state index contributed by atoms with van der Waals surface area (Å²) in [6.45, 7) is 1.74. The molecule has 0 fully saturated rings. The van der Waals surface area contributed by atoms with Crippen molar-refractivity contribution in [3.8, 4) is 0 Å². The zero-order chi connectivity index (χ0) is 17.8. The Labute approximate surface area is 145 Å². The normalized spacial score (nSPS) is 10.6. The Morgan fingerprint density at radius 3 is 2.60 bits per heavy atom. The molecule has 128 valence electrons. The fraction of sp³-hybridized carbons (Fsp3) is 0.211. The van der Waals surface area contributed by atoms with E-state index in [4.69, 9.17) is 4.42 Å². The lowest BCUT2D eigenvalue weighted by Gasteiger charge is -2.08. The molecule has 1 N–H and O–H groups in total. The monoisotopic (exact) mass is 337 g/mol. The lowest BCUT2D eigenvalue weighted by atomic mass is 10.1. The third-order valence-corrected chi connectivity index (χ3v) is 3.99. The Balaban J connectivity index is 1.77. The van der Waals surface area contributed by atoms with Crippen LogP contribution in [0, 0.1) is 6.92 Å². The van der Waals surface area contributed by atoms with Crippen molar-refractivity contribution in [3.05, 3.63) is 81.5 Å². The highest BCUT2D eigenvalue weighted by molar-refractivity contribution is 6.04. The van der Waals surface area contributed by atoms with Gasteiger partial charge in [0.2, 0.25) is 0 Å². The van der Waals surface area contributed by atoms with E-state index >= 15 is 0 Å². The highest BCUT2D eigenvalue weighted by atomic mass is 16.4. The highest BCUT2D eigenvalue weighted by Gasteiger charge is 2.18. The molecule has 0 bridgehead atoms. The van der Waals surface area contributed by atoms with Crippen molar-refractivity contribution < 1.29 is 9.21 Å². The number of rotatable bonds is 5. The van der Waals surface area contributed by atoms with Crippen LogP contribution in [0.15, 0.2) is 57.9 Å². The summed E-state index contributed by atoms with van der Waals surface area (Å²) in [7, 11) is 1.71. The molecular formula is C19H19N3O3. The summed E-state index contributed by atoms with van der Waals surface area (Å²) in [6.07, 6.45) is 2.94. The highest BCUT2D eigenvalue weighted by Crippen LogP contribution is 2.12. The first-order valence-electron chi connectivity index (χ1n) is 8.01. The Kier molecular flexibility index (Phi) is 4.79. The molecule has 0 unspecified atom stereocenters. The molecule has 6 heteroatoms. The van der Waals surface area contributed by atoms with Crippen molar-refractivity contribution in [1.82, 2.24) is 9.78 Å². The van der Waals surface area contributed by atoms with Crippen LogP contribution < -0.4 is 10.9 Å². The first kappa shape index (κ1) is 16.7. The number of carbonyl (C=O) groups is 1. The molecule has 0 aliphatic rings. The summed E-state index contributed by atoms with van der Waals surface area (Å²) < 4.78 is 6.86. The van der Waals surface area contributed by atoms with Crippen molar-refractivity contribution in [2.75, 3.05) is 5.32 Å². The van der Waals surface area contributed by atoms with Crippen LogP contribution in [0.2, 0.25) is 0 Å². The first-order chi connectivity index (χ1) is 12.0. The topological polar surface area (TPSA) is 77.1 Å². The number of aryl methyl sites for hydroxylation is 4. The lowest BCUT2D eigenvalue weighted by Crippen LogP contribution is -2.24. The SMILES string of the molecule is Cc1cc(CCc2ccccc2)oc(=O)c1C(=O)Nc1ccnn1C. The summed E-state index contributed by atoms with van der Waals surface area (Å²) in [5.41, 5.74) is 1.16. The third kappa shape index (κ3) is 3.85. The van der Waals surface area contributed by atoms with Gasteiger partial charge in [0.1, 0.15) is 17.1 Å². The number of nitrogens with zero attached hydrogens (tertiary/aromatic N) is 2. The molecule has 2 aromatic heterocycles. The van der Waals surface area contributed by atoms with Crippen LogP contribution in [0.1, 0.15) is 27.2 Å². The average molecular weight is 337 g/mol. The van der Waals surface area contributed by atoms with Gasteiger partial charge in [-0.15, -0.1) is 0 Å². The van der Waals surface area contributed by atoms with Gasteiger partial charge in [-0.05, 0) is 30.5 Å². The third-order valence-electron chi connectivity index (χ3n) is 3.99. The number of aromatic nitrogens is 2. The molecule has 0 spiro atoms. The van der Waals surface area contributed by atoms with Crippen LogP contribution in [-0.4, -0.2) is 15.7 Å². The molecule has 1 aromatic carbocycles. The smallest absolute Gasteiger partial charge is 0.349 e. The molecule has 3 rings (SSSR count). The molecule has 2 heterocycles. The fourth-order valence-electron chi connectivity index (χ4n) is 2.66. The van der Waals surface area contributed by atoms with Gasteiger partial charge in [0, 0.05) is 19.5 Å². The average Bonchev–Trinajstić information content (AvgIpc) is 2.98. The molecule has 0 aliphatic heterocycles. The molecule has 25 heavy (non-hydrogen) atoms. The summed E-state index contributed by atoms with van der Waals surface area (Å²) in [5.74, 6) is 0.588. The van der Waals surface area contributed by atoms with Gasteiger partial charge in [-0.1, -0.05) is 30.3 Å². The summed E-state index contributed by atoms with van der Waals surface area (Å²) in [4.78, 5) is 24.7. The summed E-state index contributed by atoms with van der Waals surface area (Å²) in [6, 6.07) is 13.4. The van der Waals surface area contributed by atoms with E-state index in [1.807, 2.05) is 30.3 Å². The van der Waals surface area contributed by atoms with Crippen LogP contribution in [0.3, 0.4) is 0 Å². The number of carbonyl (C=O) groups excluding carboxylic acids is 1. The Hall–Kier alpha value is -3.15. The van der Waals surface area contributed by atoms with Gasteiger partial charge in [-0.25, -0.2) is 4.79 Å². The maximum atomic E-state index is 12.4. The molecule has 0 radical (unpaired) electrons. The van der Waals surface area contributed by atoms with E-state index in [0.29, 0.717) is 23.6 Å². The first-order valence-corrected chi connectivity index (χ1v) is 8.01. The van der Waals surface area contributed by atoms with Crippen molar-refractivity contribution >= 4 is 11.7 Å². The van der Waals surface area contributed by atoms with Crippen molar-refractivity contribution in [2.45, 2.75) is 19.8 Å². The Bertz CT molecular complexity index is 942. The van der Waals surface area contributed by atoms with E-state index in [1.54, 1.807) is 32.3 Å². The van der Waals surface area contributed by atoms with Crippen molar-refractivity contribution in [2.24, 2.45) is 7.05 Å². The largest absolute Gasteiger partial charge is 0.427 e. The molecular weight excluding hydrogens is 318 g/mol. The van der Waals surface area contributed by atoms with Gasteiger partial charge in [-0.2, -0.15) is 5.10 Å². The molecule has 0 saturated carbocycles. The van der Waals surface area contributed by atoms with Gasteiger partial charge in [-0.3, -0.25) is 9.48 Å². The molecule has 1 amide bonds. The molecule has 0 saturated heterocycles. The van der Waals surface area contributed by atoms with E-state index < -0.39 is 11.5 Å². The van der Waals surface area contributed by atoms with Crippen LogP contribution in [-0.2, 0) is 19.9 Å². The predicted molar refractivity (Wildman–Crippen MR) is 94.7 cm³/mol. The number of nitrogens with one attached hydrogen (secondary N) is 1. The van der Waals surface area contributed by atoms with Gasteiger partial charge < -0.3 is 9.73 Å². The number of amides is 1. The standard InChI is InChI=1S/C19H19N3O3/c1-13-12-15(9-8-14-6-4-3-5-7-14)25-19(24)17(13)18(23)21-16-10-11-20-22(16)2/h3-7,10-12H,8-9H2,1-2H3,(H,21,23). The Morgan fingerprint density at radius 2 is 1.96 bits per heavy atom. The minimum atomic E-state index is -0.622. The zero-order valence-electron chi connectivity index (χ0n) is 14.2. The Morgan fingerprint density at radius 1 is 1.20 bits per heavy atom. The van der Waals surface area contributed by atoms with Gasteiger partial charge in [0.25, 0.3) is 5.91 Å². The van der Waals surface area contributed by atoms with Crippen LogP contribution in [0.25, 0.3) is 0 Å². The van der Waals surface area contributed by atoms with E-state index in [0.717, 1.165) is 6.42 Å². The number of benzene rings is 1. The summed E-state index contributed by atoms with van der Waals surface area (Å²) >= 11 is 0. The van der Waals surface area contributed by atoms with E-state index in [-0.39, 0.29) is 5.56 Å². The number of anilines is 1. The second-order valence-electron chi connectivity index (χ2n) is 5.84. The fourth-order valence-corrected chi connectivity index (χ4v) is 2.66. The molecule has 0 atom stereocenters. The van der Waals surface area contributed by atoms with Crippen LogP contribution >= 0.6 is 0 Å². The van der Waals surface area contributed by atoms with E-state index in [2.05, 4.69) is 10.4 Å². The maximum absolute atomic E-state index is 12.4. The van der Waals surface area contributed by atoms with Crippen LogP contribution in [0.4, 0.5) is 5.82 Å². The second-order valence-corrected chi connectivity index (χ2v) is 5.84. The van der Waals surface area contributed by atoms with Crippen molar-refractivity contribution in [3.63, 3.8) is 0 Å². The van der Waals surface area contributed by atoms with Gasteiger partial charge in [0.15, 0.2) is 0 Å². The minimum Gasteiger partial charge on any atom is -0.427 e. The zero-order valence-corrected chi connectivity index (χ0v) is 14.2. The molecule has 0 aliphatic carbocycles. The number of hydrogen-bond acceptors (Lipinski definition) is 4. The van der Waals surface area contributed by atoms with E-state index in [9.17, 15) is 9.59 Å². The van der Waals surface area contributed by atoms with E-state index in [1.165, 1.54) is 10.2 Å². The van der Waals surface area contributed by atoms with Crippen molar-refractivity contribution in [1.29, 1.82) is 0 Å². The second kappa shape index (κ2) is 7.17. The van der Waals surface area contributed by atoms with Gasteiger partial charge in [0.05, 0.1) is 6.20 Å². The summed E-state index contributed by atoms with van der Waals surface area (Å²) in [5, 5.41) is 6.64. The lowest BCUT2D eigenvalue weighted by molar-refractivity contribution is 0.102. The van der Waals surface area contributed by atoms with Crippen LogP contribution in [0.5, 0.6) is 0 Å². The minimum absolute atomic E-state index is 0.0182. The quantitative estimate of drug-likeness (QED) is 0.776.